The number of ether oxygens (including phenoxy) is 1. The van der Waals surface area contributed by atoms with Crippen molar-refractivity contribution in [1.29, 1.82) is 0 Å². The van der Waals surface area contributed by atoms with Crippen LogP contribution in [0, 0.1) is 5.82 Å². The summed E-state index contributed by atoms with van der Waals surface area (Å²) < 4.78 is 19.1. The van der Waals surface area contributed by atoms with Crippen LogP contribution in [0.1, 0.15) is 18.4 Å². The SMILES string of the molecule is NC1(C2(c3cc(Cl)ccc3F)COC2)CC1. The predicted molar refractivity (Wildman–Crippen MR) is 60.1 cm³/mol. The Morgan fingerprint density at radius 3 is 2.50 bits per heavy atom. The standard InChI is InChI=1S/C12H13ClFNO/c13-8-1-2-10(14)9(5-8)11(6-16-7-11)12(15)3-4-12/h1-2,5H,3-4,6-7,15H2. The summed E-state index contributed by atoms with van der Waals surface area (Å²) in [4.78, 5) is 0. The van der Waals surface area contributed by atoms with Gasteiger partial charge in [-0.15, -0.1) is 0 Å². The van der Waals surface area contributed by atoms with Crippen LogP contribution in [0.5, 0.6) is 0 Å². The lowest BCUT2D eigenvalue weighted by atomic mass is 9.70. The monoisotopic (exact) mass is 241 g/mol. The van der Waals surface area contributed by atoms with Crippen molar-refractivity contribution in [2.75, 3.05) is 13.2 Å². The summed E-state index contributed by atoms with van der Waals surface area (Å²) in [6.07, 6.45) is 1.87. The molecule has 1 saturated heterocycles. The molecule has 1 aliphatic heterocycles. The first-order valence-corrected chi connectivity index (χ1v) is 5.77. The van der Waals surface area contributed by atoms with E-state index in [-0.39, 0.29) is 16.8 Å². The molecule has 0 amide bonds. The Morgan fingerprint density at radius 1 is 1.31 bits per heavy atom. The van der Waals surface area contributed by atoms with E-state index in [1.165, 1.54) is 6.07 Å². The zero-order valence-corrected chi connectivity index (χ0v) is 9.56. The van der Waals surface area contributed by atoms with Gasteiger partial charge in [0.05, 0.1) is 18.6 Å². The maximum Gasteiger partial charge on any atom is 0.127 e. The van der Waals surface area contributed by atoms with Crippen LogP contribution >= 0.6 is 11.6 Å². The van der Waals surface area contributed by atoms with Crippen molar-refractivity contribution < 1.29 is 9.13 Å². The fourth-order valence-electron chi connectivity index (χ4n) is 2.49. The first-order valence-electron chi connectivity index (χ1n) is 5.40. The van der Waals surface area contributed by atoms with Gasteiger partial charge in [-0.3, -0.25) is 0 Å². The molecule has 1 aromatic rings. The van der Waals surface area contributed by atoms with E-state index in [2.05, 4.69) is 0 Å². The van der Waals surface area contributed by atoms with Crippen LogP contribution in [0.25, 0.3) is 0 Å². The minimum Gasteiger partial charge on any atom is -0.379 e. The minimum atomic E-state index is -0.359. The molecular weight excluding hydrogens is 229 g/mol. The first-order chi connectivity index (χ1) is 7.57. The molecule has 1 aromatic carbocycles. The van der Waals surface area contributed by atoms with Gasteiger partial charge in [-0.2, -0.15) is 0 Å². The first kappa shape index (κ1) is 10.5. The number of benzene rings is 1. The largest absolute Gasteiger partial charge is 0.379 e. The summed E-state index contributed by atoms with van der Waals surface area (Å²) in [7, 11) is 0. The third kappa shape index (κ3) is 1.25. The fourth-order valence-corrected chi connectivity index (χ4v) is 2.67. The van der Waals surface area contributed by atoms with Gasteiger partial charge < -0.3 is 10.5 Å². The molecule has 16 heavy (non-hydrogen) atoms. The molecule has 0 unspecified atom stereocenters. The van der Waals surface area contributed by atoms with E-state index in [1.54, 1.807) is 12.1 Å². The second kappa shape index (κ2) is 3.19. The van der Waals surface area contributed by atoms with E-state index < -0.39 is 0 Å². The Labute approximate surface area is 98.5 Å². The second-order valence-electron chi connectivity index (χ2n) is 4.86. The quantitative estimate of drug-likeness (QED) is 0.862. The van der Waals surface area contributed by atoms with Gasteiger partial charge in [0.1, 0.15) is 5.82 Å². The van der Waals surface area contributed by atoms with Crippen molar-refractivity contribution in [1.82, 2.24) is 0 Å². The van der Waals surface area contributed by atoms with Crippen LogP contribution in [0.15, 0.2) is 18.2 Å². The van der Waals surface area contributed by atoms with Crippen LogP contribution in [-0.4, -0.2) is 18.8 Å². The van der Waals surface area contributed by atoms with E-state index in [9.17, 15) is 4.39 Å². The van der Waals surface area contributed by atoms with Gasteiger partial charge in [-0.1, -0.05) is 11.6 Å². The lowest BCUT2D eigenvalue weighted by Gasteiger charge is -2.47. The smallest absolute Gasteiger partial charge is 0.127 e. The van der Waals surface area contributed by atoms with Crippen LogP contribution in [-0.2, 0) is 10.2 Å². The van der Waals surface area contributed by atoms with Crippen molar-refractivity contribution in [3.05, 3.63) is 34.6 Å². The van der Waals surface area contributed by atoms with E-state index in [0.717, 1.165) is 12.8 Å². The maximum absolute atomic E-state index is 13.9. The molecule has 86 valence electrons. The summed E-state index contributed by atoms with van der Waals surface area (Å²) >= 11 is 5.93. The van der Waals surface area contributed by atoms with Gasteiger partial charge in [0.2, 0.25) is 0 Å². The molecule has 2 fully saturated rings. The number of rotatable bonds is 2. The van der Waals surface area contributed by atoms with Crippen molar-refractivity contribution in [3.8, 4) is 0 Å². The van der Waals surface area contributed by atoms with E-state index >= 15 is 0 Å². The Kier molecular flexibility index (Phi) is 2.09. The molecular formula is C12H13ClFNO. The van der Waals surface area contributed by atoms with Crippen molar-refractivity contribution in [2.24, 2.45) is 5.73 Å². The van der Waals surface area contributed by atoms with Crippen LogP contribution in [0.2, 0.25) is 5.02 Å². The molecule has 2 aliphatic rings. The predicted octanol–water partition coefficient (Wildman–Crippen LogP) is 2.24. The Bertz CT molecular complexity index is 441. The van der Waals surface area contributed by atoms with Crippen LogP contribution in [0.3, 0.4) is 0 Å². The van der Waals surface area contributed by atoms with Crippen LogP contribution in [0.4, 0.5) is 4.39 Å². The number of nitrogens with two attached hydrogens (primary N) is 1. The molecule has 1 aliphatic carbocycles. The zero-order chi connectivity index (χ0) is 11.4. The average molecular weight is 242 g/mol. The molecule has 2 N–H and O–H groups in total. The summed E-state index contributed by atoms with van der Waals surface area (Å²) in [6.45, 7) is 1.00. The molecule has 1 saturated carbocycles. The van der Waals surface area contributed by atoms with E-state index in [0.29, 0.717) is 23.8 Å². The highest BCUT2D eigenvalue weighted by Crippen LogP contribution is 2.54. The molecule has 0 atom stereocenters. The second-order valence-corrected chi connectivity index (χ2v) is 5.29. The fraction of sp³-hybridized carbons (Fsp3) is 0.500. The average Bonchev–Trinajstić information content (AvgIpc) is 2.89. The third-order valence-electron chi connectivity index (χ3n) is 3.88. The third-order valence-corrected chi connectivity index (χ3v) is 4.12. The molecule has 0 radical (unpaired) electrons. The van der Waals surface area contributed by atoms with Gasteiger partial charge in [-0.25, -0.2) is 4.39 Å². The lowest BCUT2D eigenvalue weighted by molar-refractivity contribution is -0.0802. The molecule has 4 heteroatoms. The van der Waals surface area contributed by atoms with E-state index in [4.69, 9.17) is 22.1 Å². The highest BCUT2D eigenvalue weighted by atomic mass is 35.5. The minimum absolute atomic E-state index is 0.232. The van der Waals surface area contributed by atoms with E-state index in [1.807, 2.05) is 0 Å². The number of halogens is 2. The summed E-state index contributed by atoms with van der Waals surface area (Å²) in [6, 6.07) is 4.65. The van der Waals surface area contributed by atoms with Gasteiger partial charge in [0, 0.05) is 16.1 Å². The topological polar surface area (TPSA) is 35.2 Å². The number of hydrogen-bond acceptors (Lipinski definition) is 2. The number of hydrogen-bond donors (Lipinski definition) is 1. The van der Waals surface area contributed by atoms with Gasteiger partial charge in [0.25, 0.3) is 0 Å². The Morgan fingerprint density at radius 2 is 2.00 bits per heavy atom. The van der Waals surface area contributed by atoms with Gasteiger partial charge >= 0.3 is 0 Å². The molecule has 0 bridgehead atoms. The summed E-state index contributed by atoms with van der Waals surface area (Å²) in [5.41, 5.74) is 6.21. The van der Waals surface area contributed by atoms with Crippen molar-refractivity contribution in [3.63, 3.8) is 0 Å². The molecule has 1 heterocycles. The van der Waals surface area contributed by atoms with Crippen LogP contribution < -0.4 is 5.73 Å². The van der Waals surface area contributed by atoms with Gasteiger partial charge in [0.15, 0.2) is 0 Å². The Hall–Kier alpha value is -0.640. The maximum atomic E-state index is 13.9. The van der Waals surface area contributed by atoms with Crippen molar-refractivity contribution >= 4 is 11.6 Å². The molecule has 3 rings (SSSR count). The highest BCUT2D eigenvalue weighted by Gasteiger charge is 2.62. The molecule has 2 nitrogen and oxygen atoms in total. The summed E-state index contributed by atoms with van der Waals surface area (Å²) in [5, 5.41) is 0.548. The zero-order valence-electron chi connectivity index (χ0n) is 8.80. The molecule has 0 aromatic heterocycles. The highest BCUT2D eigenvalue weighted by molar-refractivity contribution is 6.30. The van der Waals surface area contributed by atoms with Crippen molar-refractivity contribution in [2.45, 2.75) is 23.8 Å². The van der Waals surface area contributed by atoms with Gasteiger partial charge in [-0.05, 0) is 31.0 Å². The Balaban J connectivity index is 2.10. The summed E-state index contributed by atoms with van der Waals surface area (Å²) in [5.74, 6) is -0.232. The molecule has 0 spiro atoms. The lowest BCUT2D eigenvalue weighted by Crippen LogP contribution is -2.61. The normalized spacial score (nSPS) is 24.9.